The molecule has 1 amide bonds. The SMILES string of the molecule is COc1ccc(C=CC(=O)Nc2sc3c(c2C#N)CC(C)(C)OC3)cc1. The first-order valence-electron chi connectivity index (χ1n) is 8.23. The molecule has 2 heterocycles. The molecule has 5 nitrogen and oxygen atoms in total. The van der Waals surface area contributed by atoms with Crippen LogP contribution < -0.4 is 10.1 Å². The van der Waals surface area contributed by atoms with Crippen LogP contribution in [0.2, 0.25) is 0 Å². The number of methoxy groups -OCH3 is 1. The van der Waals surface area contributed by atoms with E-state index in [1.165, 1.54) is 17.4 Å². The van der Waals surface area contributed by atoms with E-state index in [-0.39, 0.29) is 11.5 Å². The normalized spacial score (nSPS) is 15.3. The average Bonchev–Trinajstić information content (AvgIpc) is 2.95. The van der Waals surface area contributed by atoms with Crippen LogP contribution in [0.3, 0.4) is 0 Å². The minimum absolute atomic E-state index is 0.268. The Morgan fingerprint density at radius 2 is 2.12 bits per heavy atom. The van der Waals surface area contributed by atoms with Gasteiger partial charge in [-0.15, -0.1) is 11.3 Å². The van der Waals surface area contributed by atoms with Crippen LogP contribution in [0.25, 0.3) is 6.08 Å². The van der Waals surface area contributed by atoms with Gasteiger partial charge in [-0.2, -0.15) is 5.26 Å². The number of carbonyl (C=O) groups is 1. The molecule has 0 atom stereocenters. The third-order valence-corrected chi connectivity index (χ3v) is 5.30. The van der Waals surface area contributed by atoms with E-state index < -0.39 is 0 Å². The van der Waals surface area contributed by atoms with E-state index in [4.69, 9.17) is 9.47 Å². The molecule has 0 unspecified atom stereocenters. The van der Waals surface area contributed by atoms with Gasteiger partial charge in [-0.3, -0.25) is 4.79 Å². The van der Waals surface area contributed by atoms with E-state index in [1.807, 2.05) is 38.1 Å². The van der Waals surface area contributed by atoms with E-state index in [9.17, 15) is 10.1 Å². The molecule has 0 aliphatic carbocycles. The van der Waals surface area contributed by atoms with E-state index in [1.54, 1.807) is 13.2 Å². The summed E-state index contributed by atoms with van der Waals surface area (Å²) in [6.45, 7) is 4.48. The number of rotatable bonds is 4. The maximum absolute atomic E-state index is 12.3. The minimum Gasteiger partial charge on any atom is -0.497 e. The number of nitriles is 1. The average molecular weight is 368 g/mol. The predicted molar refractivity (Wildman–Crippen MR) is 102 cm³/mol. The fourth-order valence-electron chi connectivity index (χ4n) is 2.80. The van der Waals surface area contributed by atoms with Gasteiger partial charge in [0.05, 0.1) is 24.9 Å². The molecule has 3 rings (SSSR count). The minimum atomic E-state index is -0.296. The second kappa shape index (κ2) is 7.32. The molecule has 134 valence electrons. The number of fused-ring (bicyclic) bond motifs is 1. The molecule has 1 aliphatic heterocycles. The van der Waals surface area contributed by atoms with Crippen LogP contribution in [-0.4, -0.2) is 18.6 Å². The number of nitrogens with one attached hydrogen (secondary N) is 1. The van der Waals surface area contributed by atoms with Crippen LogP contribution in [0.1, 0.15) is 35.4 Å². The Labute approximate surface area is 156 Å². The van der Waals surface area contributed by atoms with Gasteiger partial charge >= 0.3 is 0 Å². The first kappa shape index (κ1) is 18.2. The van der Waals surface area contributed by atoms with Crippen molar-refractivity contribution in [2.24, 2.45) is 0 Å². The summed E-state index contributed by atoms with van der Waals surface area (Å²) in [5.41, 5.74) is 2.13. The lowest BCUT2D eigenvalue weighted by Gasteiger charge is -2.29. The van der Waals surface area contributed by atoms with Gasteiger partial charge in [-0.25, -0.2) is 0 Å². The summed E-state index contributed by atoms with van der Waals surface area (Å²) < 4.78 is 10.9. The van der Waals surface area contributed by atoms with Crippen molar-refractivity contribution in [3.63, 3.8) is 0 Å². The summed E-state index contributed by atoms with van der Waals surface area (Å²) in [4.78, 5) is 13.3. The van der Waals surface area contributed by atoms with E-state index >= 15 is 0 Å². The van der Waals surface area contributed by atoms with Gasteiger partial charge in [-0.1, -0.05) is 12.1 Å². The van der Waals surface area contributed by atoms with Crippen LogP contribution in [0.15, 0.2) is 30.3 Å². The van der Waals surface area contributed by atoms with Crippen LogP contribution >= 0.6 is 11.3 Å². The third-order valence-electron chi connectivity index (χ3n) is 4.18. The van der Waals surface area contributed by atoms with Gasteiger partial charge in [0.1, 0.15) is 16.8 Å². The van der Waals surface area contributed by atoms with Crippen molar-refractivity contribution in [3.8, 4) is 11.8 Å². The quantitative estimate of drug-likeness (QED) is 0.824. The molecule has 6 heteroatoms. The Kier molecular flexibility index (Phi) is 5.12. The first-order chi connectivity index (χ1) is 12.4. The summed E-state index contributed by atoms with van der Waals surface area (Å²) in [5, 5.41) is 13.0. The summed E-state index contributed by atoms with van der Waals surface area (Å²) in [5.74, 6) is 0.496. The summed E-state index contributed by atoms with van der Waals surface area (Å²) in [6, 6.07) is 9.64. The molecule has 0 radical (unpaired) electrons. The molecule has 26 heavy (non-hydrogen) atoms. The van der Waals surface area contributed by atoms with Crippen molar-refractivity contribution in [2.75, 3.05) is 12.4 Å². The van der Waals surface area contributed by atoms with Crippen molar-refractivity contribution >= 4 is 28.3 Å². The molecule has 2 aromatic rings. The maximum atomic E-state index is 12.3. The second-order valence-electron chi connectivity index (χ2n) is 6.64. The Balaban J connectivity index is 1.74. The summed E-state index contributed by atoms with van der Waals surface area (Å²) in [6.07, 6.45) is 3.85. The summed E-state index contributed by atoms with van der Waals surface area (Å²) in [7, 11) is 1.61. The van der Waals surface area contributed by atoms with Crippen molar-refractivity contribution in [3.05, 3.63) is 51.9 Å². The number of hydrogen-bond acceptors (Lipinski definition) is 5. The fraction of sp³-hybridized carbons (Fsp3) is 0.300. The zero-order valence-corrected chi connectivity index (χ0v) is 15.8. The lowest BCUT2D eigenvalue weighted by Crippen LogP contribution is -2.31. The molecule has 0 spiro atoms. The van der Waals surface area contributed by atoms with Crippen molar-refractivity contribution in [2.45, 2.75) is 32.5 Å². The standard InChI is InChI=1S/C20H20N2O3S/c1-20(2)10-15-16(11-21)19(26-17(15)12-25-20)22-18(23)9-6-13-4-7-14(24-3)8-5-13/h4-9H,10,12H2,1-3H3,(H,22,23). The topological polar surface area (TPSA) is 71.3 Å². The van der Waals surface area contributed by atoms with Crippen LogP contribution in [0.4, 0.5) is 5.00 Å². The Hall–Kier alpha value is -2.62. The maximum Gasteiger partial charge on any atom is 0.249 e. The molecule has 1 aromatic carbocycles. The Morgan fingerprint density at radius 3 is 2.77 bits per heavy atom. The monoisotopic (exact) mass is 368 g/mol. The van der Waals surface area contributed by atoms with E-state index in [0.29, 0.717) is 23.6 Å². The van der Waals surface area contributed by atoms with Gasteiger partial charge in [0.15, 0.2) is 0 Å². The van der Waals surface area contributed by atoms with Crippen LogP contribution in [0, 0.1) is 11.3 Å². The van der Waals surface area contributed by atoms with Gasteiger partial charge < -0.3 is 14.8 Å². The second-order valence-corrected chi connectivity index (χ2v) is 7.75. The molecule has 1 N–H and O–H groups in total. The van der Waals surface area contributed by atoms with E-state index in [0.717, 1.165) is 21.8 Å². The Morgan fingerprint density at radius 1 is 1.38 bits per heavy atom. The number of thiophene rings is 1. The van der Waals surface area contributed by atoms with Crippen molar-refractivity contribution < 1.29 is 14.3 Å². The number of amides is 1. The molecular formula is C20H20N2O3S. The number of ether oxygens (including phenoxy) is 2. The van der Waals surface area contributed by atoms with Crippen molar-refractivity contribution in [1.82, 2.24) is 0 Å². The molecule has 0 saturated carbocycles. The fourth-order valence-corrected chi connectivity index (χ4v) is 3.88. The van der Waals surface area contributed by atoms with Crippen molar-refractivity contribution in [1.29, 1.82) is 5.26 Å². The number of anilines is 1. The zero-order chi connectivity index (χ0) is 18.7. The smallest absolute Gasteiger partial charge is 0.249 e. The van der Waals surface area contributed by atoms with Gasteiger partial charge in [-0.05, 0) is 43.2 Å². The zero-order valence-electron chi connectivity index (χ0n) is 15.0. The number of benzene rings is 1. The highest BCUT2D eigenvalue weighted by molar-refractivity contribution is 7.16. The molecular weight excluding hydrogens is 348 g/mol. The molecule has 0 fully saturated rings. The highest BCUT2D eigenvalue weighted by atomic mass is 32.1. The largest absolute Gasteiger partial charge is 0.497 e. The molecule has 1 aromatic heterocycles. The number of hydrogen-bond donors (Lipinski definition) is 1. The van der Waals surface area contributed by atoms with Gasteiger partial charge in [0, 0.05) is 17.4 Å². The van der Waals surface area contributed by atoms with Crippen LogP contribution in [0.5, 0.6) is 5.75 Å². The molecule has 0 saturated heterocycles. The summed E-state index contributed by atoms with van der Waals surface area (Å²) >= 11 is 1.41. The third kappa shape index (κ3) is 3.96. The highest BCUT2D eigenvalue weighted by Gasteiger charge is 2.31. The van der Waals surface area contributed by atoms with Gasteiger partial charge in [0.2, 0.25) is 5.91 Å². The number of carbonyl (C=O) groups excluding carboxylic acids is 1. The van der Waals surface area contributed by atoms with Crippen LogP contribution in [-0.2, 0) is 22.6 Å². The molecule has 0 bridgehead atoms. The highest BCUT2D eigenvalue weighted by Crippen LogP contribution is 2.39. The predicted octanol–water partition coefficient (Wildman–Crippen LogP) is 4.13. The Bertz CT molecular complexity index is 889. The lowest BCUT2D eigenvalue weighted by molar-refractivity contribution is -0.111. The van der Waals surface area contributed by atoms with E-state index in [2.05, 4.69) is 11.4 Å². The van der Waals surface area contributed by atoms with Gasteiger partial charge in [0.25, 0.3) is 0 Å². The lowest BCUT2D eigenvalue weighted by atomic mass is 9.93. The first-order valence-corrected chi connectivity index (χ1v) is 9.05. The number of nitrogens with zero attached hydrogens (tertiary/aromatic N) is 1. The molecule has 1 aliphatic rings.